The number of hydrogen-bond acceptors (Lipinski definition) is 4. The van der Waals surface area contributed by atoms with E-state index >= 15 is 0 Å². The maximum absolute atomic E-state index is 12.6. The lowest BCUT2D eigenvalue weighted by atomic mass is 10.2. The summed E-state index contributed by atoms with van der Waals surface area (Å²) in [6, 6.07) is 19.0. The van der Waals surface area contributed by atoms with E-state index in [4.69, 9.17) is 16.3 Å². The van der Waals surface area contributed by atoms with Gasteiger partial charge in [0, 0.05) is 22.0 Å². The van der Waals surface area contributed by atoms with E-state index in [1.165, 1.54) is 24.3 Å². The van der Waals surface area contributed by atoms with Crippen molar-refractivity contribution in [1.29, 1.82) is 0 Å². The summed E-state index contributed by atoms with van der Waals surface area (Å²) >= 11 is 5.82. The van der Waals surface area contributed by atoms with E-state index in [0.29, 0.717) is 34.3 Å². The van der Waals surface area contributed by atoms with Crippen LogP contribution in [0.5, 0.6) is 5.75 Å². The molecular formula is C21H19ClN2O4S. The van der Waals surface area contributed by atoms with Gasteiger partial charge in [-0.1, -0.05) is 11.6 Å². The van der Waals surface area contributed by atoms with Crippen molar-refractivity contribution in [3.05, 3.63) is 83.4 Å². The van der Waals surface area contributed by atoms with Crippen molar-refractivity contribution in [3.8, 4) is 5.75 Å². The number of amides is 1. The number of halogens is 1. The summed E-state index contributed by atoms with van der Waals surface area (Å²) in [5.74, 6) is 0.308. The van der Waals surface area contributed by atoms with Crippen LogP contribution in [0.3, 0.4) is 0 Å². The van der Waals surface area contributed by atoms with Crippen molar-refractivity contribution in [2.75, 3.05) is 16.6 Å². The summed E-state index contributed by atoms with van der Waals surface area (Å²) in [7, 11) is -3.78. The van der Waals surface area contributed by atoms with Gasteiger partial charge in [-0.05, 0) is 79.7 Å². The molecule has 3 aromatic carbocycles. The maximum atomic E-state index is 12.6. The number of benzene rings is 3. The van der Waals surface area contributed by atoms with E-state index in [0.717, 1.165) is 0 Å². The number of rotatable bonds is 7. The van der Waals surface area contributed by atoms with Crippen LogP contribution in [0, 0.1) is 0 Å². The molecule has 6 nitrogen and oxygen atoms in total. The van der Waals surface area contributed by atoms with E-state index in [9.17, 15) is 13.2 Å². The molecule has 0 unspecified atom stereocenters. The second-order valence-electron chi connectivity index (χ2n) is 6.05. The van der Waals surface area contributed by atoms with Crippen molar-refractivity contribution in [2.45, 2.75) is 11.8 Å². The quantitative estimate of drug-likeness (QED) is 0.564. The Kier molecular flexibility index (Phi) is 6.41. The van der Waals surface area contributed by atoms with Gasteiger partial charge in [-0.15, -0.1) is 0 Å². The molecule has 3 rings (SSSR count). The van der Waals surface area contributed by atoms with Gasteiger partial charge in [0.1, 0.15) is 5.75 Å². The Morgan fingerprint density at radius 3 is 2.07 bits per heavy atom. The van der Waals surface area contributed by atoms with Crippen LogP contribution in [-0.2, 0) is 10.0 Å². The molecule has 0 aromatic heterocycles. The predicted octanol–water partition coefficient (Wildman–Crippen LogP) is 4.79. The summed E-state index contributed by atoms with van der Waals surface area (Å²) in [5.41, 5.74) is 1.34. The molecule has 0 aliphatic carbocycles. The lowest BCUT2D eigenvalue weighted by Gasteiger charge is -2.10. The van der Waals surface area contributed by atoms with E-state index in [2.05, 4.69) is 10.0 Å². The SMILES string of the molecule is CCOc1ccc(NS(=O)(=O)c2ccc(C(=O)Nc3ccc(Cl)cc3)cc2)cc1. The normalized spacial score (nSPS) is 11.0. The largest absolute Gasteiger partial charge is 0.494 e. The number of carbonyl (C=O) groups excluding carboxylic acids is 1. The van der Waals surface area contributed by atoms with Gasteiger partial charge in [-0.3, -0.25) is 9.52 Å². The molecular weight excluding hydrogens is 412 g/mol. The molecule has 0 spiro atoms. The zero-order valence-corrected chi connectivity index (χ0v) is 17.1. The summed E-state index contributed by atoms with van der Waals surface area (Å²) in [4.78, 5) is 12.4. The molecule has 0 fully saturated rings. The number of ether oxygens (including phenoxy) is 1. The highest BCUT2D eigenvalue weighted by Gasteiger charge is 2.15. The Morgan fingerprint density at radius 1 is 0.897 bits per heavy atom. The van der Waals surface area contributed by atoms with E-state index in [-0.39, 0.29) is 10.8 Å². The average molecular weight is 431 g/mol. The van der Waals surface area contributed by atoms with Crippen molar-refractivity contribution in [2.24, 2.45) is 0 Å². The second-order valence-corrected chi connectivity index (χ2v) is 8.17. The smallest absolute Gasteiger partial charge is 0.261 e. The van der Waals surface area contributed by atoms with Crippen LogP contribution in [0.2, 0.25) is 5.02 Å². The lowest BCUT2D eigenvalue weighted by molar-refractivity contribution is 0.102. The standard InChI is InChI=1S/C21H19ClN2O4S/c1-2-28-19-11-9-18(10-12-19)24-29(26,27)20-13-3-15(4-14-20)21(25)23-17-7-5-16(22)6-8-17/h3-14,24H,2H2,1H3,(H,23,25). The molecule has 0 atom stereocenters. The second kappa shape index (κ2) is 8.98. The summed E-state index contributed by atoms with van der Waals surface area (Å²) < 4.78 is 33.0. The molecule has 0 aliphatic rings. The first-order valence-electron chi connectivity index (χ1n) is 8.80. The van der Waals surface area contributed by atoms with Crippen LogP contribution in [0.1, 0.15) is 17.3 Å². The molecule has 0 saturated carbocycles. The molecule has 2 N–H and O–H groups in total. The monoisotopic (exact) mass is 430 g/mol. The Morgan fingerprint density at radius 2 is 1.48 bits per heavy atom. The molecule has 0 saturated heterocycles. The molecule has 0 aliphatic heterocycles. The number of carbonyl (C=O) groups is 1. The first-order valence-corrected chi connectivity index (χ1v) is 10.7. The molecule has 0 heterocycles. The van der Waals surface area contributed by atoms with Crippen LogP contribution in [0.4, 0.5) is 11.4 Å². The Bertz CT molecular complexity index is 1080. The molecule has 0 radical (unpaired) electrons. The fraction of sp³-hybridized carbons (Fsp3) is 0.0952. The highest BCUT2D eigenvalue weighted by Crippen LogP contribution is 2.20. The zero-order chi connectivity index (χ0) is 20.9. The number of nitrogens with one attached hydrogen (secondary N) is 2. The third-order valence-corrected chi connectivity index (χ3v) is 5.60. The average Bonchev–Trinajstić information content (AvgIpc) is 2.71. The predicted molar refractivity (Wildman–Crippen MR) is 114 cm³/mol. The van der Waals surface area contributed by atoms with Crippen LogP contribution >= 0.6 is 11.6 Å². The molecule has 0 bridgehead atoms. The van der Waals surface area contributed by atoms with Crippen molar-refractivity contribution >= 4 is 38.9 Å². The van der Waals surface area contributed by atoms with Gasteiger partial charge in [0.05, 0.1) is 11.5 Å². The molecule has 8 heteroatoms. The Balaban J connectivity index is 1.69. The molecule has 1 amide bonds. The van der Waals surface area contributed by atoms with Crippen molar-refractivity contribution in [1.82, 2.24) is 0 Å². The van der Waals surface area contributed by atoms with Gasteiger partial charge in [-0.25, -0.2) is 8.42 Å². The van der Waals surface area contributed by atoms with Gasteiger partial charge in [0.25, 0.3) is 15.9 Å². The Labute approximate surface area is 174 Å². The summed E-state index contributed by atoms with van der Waals surface area (Å²) in [6.07, 6.45) is 0. The topological polar surface area (TPSA) is 84.5 Å². The number of hydrogen-bond donors (Lipinski definition) is 2. The van der Waals surface area contributed by atoms with Gasteiger partial charge >= 0.3 is 0 Å². The lowest BCUT2D eigenvalue weighted by Crippen LogP contribution is -2.14. The first kappa shape index (κ1) is 20.7. The molecule has 150 valence electrons. The first-order chi connectivity index (χ1) is 13.9. The highest BCUT2D eigenvalue weighted by molar-refractivity contribution is 7.92. The minimum atomic E-state index is -3.78. The fourth-order valence-corrected chi connectivity index (χ4v) is 3.71. The van der Waals surface area contributed by atoms with Crippen LogP contribution in [0.15, 0.2) is 77.7 Å². The van der Waals surface area contributed by atoms with E-state index < -0.39 is 10.0 Å². The highest BCUT2D eigenvalue weighted by atomic mass is 35.5. The molecule has 3 aromatic rings. The minimum absolute atomic E-state index is 0.0504. The minimum Gasteiger partial charge on any atom is -0.494 e. The van der Waals surface area contributed by atoms with Gasteiger partial charge in [0.15, 0.2) is 0 Å². The number of anilines is 2. The summed E-state index contributed by atoms with van der Waals surface area (Å²) in [5, 5.41) is 3.29. The number of sulfonamides is 1. The fourth-order valence-electron chi connectivity index (χ4n) is 2.52. The van der Waals surface area contributed by atoms with Crippen LogP contribution in [0.25, 0.3) is 0 Å². The van der Waals surface area contributed by atoms with E-state index in [1.54, 1.807) is 48.5 Å². The molecule has 29 heavy (non-hydrogen) atoms. The third kappa shape index (κ3) is 5.49. The third-order valence-electron chi connectivity index (χ3n) is 3.95. The van der Waals surface area contributed by atoms with E-state index in [1.807, 2.05) is 6.92 Å². The zero-order valence-electron chi connectivity index (χ0n) is 15.6. The maximum Gasteiger partial charge on any atom is 0.261 e. The van der Waals surface area contributed by atoms with Gasteiger partial charge < -0.3 is 10.1 Å². The summed E-state index contributed by atoms with van der Waals surface area (Å²) in [6.45, 7) is 2.40. The van der Waals surface area contributed by atoms with Gasteiger partial charge in [0.2, 0.25) is 0 Å². The van der Waals surface area contributed by atoms with Crippen LogP contribution < -0.4 is 14.8 Å². The van der Waals surface area contributed by atoms with Crippen LogP contribution in [-0.4, -0.2) is 20.9 Å². The van der Waals surface area contributed by atoms with Crippen molar-refractivity contribution in [3.63, 3.8) is 0 Å². The van der Waals surface area contributed by atoms with Crippen molar-refractivity contribution < 1.29 is 17.9 Å². The van der Waals surface area contributed by atoms with Gasteiger partial charge in [-0.2, -0.15) is 0 Å². The Hall–Kier alpha value is -3.03.